The molecule has 0 saturated heterocycles. The highest BCUT2D eigenvalue weighted by Crippen LogP contribution is 2.28. The summed E-state index contributed by atoms with van der Waals surface area (Å²) in [5.41, 5.74) is -5.19. The molecule has 0 unspecified atom stereocenters. The van der Waals surface area contributed by atoms with Crippen molar-refractivity contribution < 1.29 is 21.6 Å². The second-order valence-corrected chi connectivity index (χ2v) is 10.9. The molecule has 80 valence electrons. The van der Waals surface area contributed by atoms with E-state index in [9.17, 15) is 21.6 Å². The Bertz CT molecular complexity index is 279. The number of hydrogen-bond donors (Lipinski definition) is 0. The zero-order valence-electron chi connectivity index (χ0n) is 7.81. The lowest BCUT2D eigenvalue weighted by molar-refractivity contribution is -0.0467. The summed E-state index contributed by atoms with van der Waals surface area (Å²) in [5, 5.41) is 0. The van der Waals surface area contributed by atoms with Gasteiger partial charge in [-0.1, -0.05) is 19.6 Å². The molecule has 0 spiro atoms. The van der Waals surface area contributed by atoms with Crippen molar-refractivity contribution in [1.82, 2.24) is 3.97 Å². The maximum atomic E-state index is 12.0. The van der Waals surface area contributed by atoms with E-state index in [2.05, 4.69) is 0 Å². The van der Waals surface area contributed by atoms with Crippen molar-refractivity contribution in [3.63, 3.8) is 0 Å². The SMILES string of the molecule is CN([Si](C)(C)C)S(=O)(=O)C(F)(F)F. The molecule has 0 rings (SSSR count). The quantitative estimate of drug-likeness (QED) is 0.682. The molecule has 0 radical (unpaired) electrons. The fourth-order valence-corrected chi connectivity index (χ4v) is 4.02. The van der Waals surface area contributed by atoms with Gasteiger partial charge >= 0.3 is 15.5 Å². The molecule has 0 amide bonds. The average molecular weight is 235 g/mol. The summed E-state index contributed by atoms with van der Waals surface area (Å²) in [6.45, 7) is 4.57. The second-order valence-electron chi connectivity index (χ2n) is 3.59. The molecular formula is C5H12F3NO2SSi. The van der Waals surface area contributed by atoms with Crippen molar-refractivity contribution in [2.24, 2.45) is 0 Å². The second kappa shape index (κ2) is 3.25. The van der Waals surface area contributed by atoms with Gasteiger partial charge in [0.25, 0.3) is 0 Å². The van der Waals surface area contributed by atoms with Gasteiger partial charge in [-0.25, -0.2) is 12.4 Å². The third-order valence-electron chi connectivity index (χ3n) is 1.60. The minimum Gasteiger partial charge on any atom is -0.220 e. The smallest absolute Gasteiger partial charge is 0.220 e. The van der Waals surface area contributed by atoms with Crippen LogP contribution in [0.15, 0.2) is 0 Å². The van der Waals surface area contributed by atoms with Crippen LogP contribution in [0.25, 0.3) is 0 Å². The van der Waals surface area contributed by atoms with E-state index in [1.54, 1.807) is 0 Å². The van der Waals surface area contributed by atoms with Gasteiger partial charge in [0, 0.05) is 0 Å². The minimum atomic E-state index is -5.19. The Morgan fingerprint density at radius 3 is 1.54 bits per heavy atom. The molecule has 0 bridgehead atoms. The van der Waals surface area contributed by atoms with Crippen molar-refractivity contribution in [2.45, 2.75) is 25.1 Å². The largest absolute Gasteiger partial charge is 0.511 e. The van der Waals surface area contributed by atoms with Gasteiger partial charge in [-0.2, -0.15) is 13.2 Å². The van der Waals surface area contributed by atoms with Crippen LogP contribution in [0.1, 0.15) is 0 Å². The van der Waals surface area contributed by atoms with Crippen molar-refractivity contribution in [3.8, 4) is 0 Å². The van der Waals surface area contributed by atoms with Crippen LogP contribution in [0.5, 0.6) is 0 Å². The van der Waals surface area contributed by atoms with Crippen LogP contribution in [-0.4, -0.2) is 33.2 Å². The van der Waals surface area contributed by atoms with E-state index in [1.165, 1.54) is 19.6 Å². The zero-order chi connectivity index (χ0) is 11.1. The minimum absolute atomic E-state index is 0.444. The van der Waals surface area contributed by atoms with Crippen molar-refractivity contribution in [3.05, 3.63) is 0 Å². The summed E-state index contributed by atoms with van der Waals surface area (Å²) in [5.74, 6) is 0. The van der Waals surface area contributed by atoms with Gasteiger partial charge in [0.1, 0.15) is 8.24 Å². The summed E-state index contributed by atoms with van der Waals surface area (Å²) < 4.78 is 58.1. The third kappa shape index (κ3) is 2.68. The Balaban J connectivity index is 5.12. The first-order valence-electron chi connectivity index (χ1n) is 3.46. The number of halogens is 3. The number of rotatable bonds is 2. The molecule has 8 heteroatoms. The molecular weight excluding hydrogens is 223 g/mol. The van der Waals surface area contributed by atoms with Gasteiger partial charge in [-0.15, -0.1) is 0 Å². The molecule has 13 heavy (non-hydrogen) atoms. The Morgan fingerprint density at radius 1 is 1.15 bits per heavy atom. The molecule has 0 aliphatic carbocycles. The average Bonchev–Trinajstić information content (AvgIpc) is 1.81. The highest BCUT2D eigenvalue weighted by molar-refractivity contribution is 7.91. The van der Waals surface area contributed by atoms with Crippen LogP contribution < -0.4 is 0 Å². The summed E-state index contributed by atoms with van der Waals surface area (Å²) in [6.07, 6.45) is 0. The first kappa shape index (κ1) is 12.9. The van der Waals surface area contributed by atoms with Gasteiger partial charge in [0.05, 0.1) is 0 Å². The highest BCUT2D eigenvalue weighted by Gasteiger charge is 2.51. The molecule has 0 aromatic carbocycles. The molecule has 3 nitrogen and oxygen atoms in total. The first-order chi connectivity index (χ1) is 5.40. The lowest BCUT2D eigenvalue weighted by atomic mass is 11.5. The lowest BCUT2D eigenvalue weighted by Crippen LogP contribution is -2.51. The van der Waals surface area contributed by atoms with Crippen LogP contribution in [0.2, 0.25) is 19.6 Å². The molecule has 0 aliphatic rings. The Kier molecular flexibility index (Phi) is 3.23. The number of sulfonamides is 1. The van der Waals surface area contributed by atoms with Crippen molar-refractivity contribution in [2.75, 3.05) is 7.05 Å². The molecule has 0 fully saturated rings. The zero-order valence-corrected chi connectivity index (χ0v) is 9.62. The van der Waals surface area contributed by atoms with Crippen LogP contribution in [-0.2, 0) is 10.0 Å². The van der Waals surface area contributed by atoms with Gasteiger partial charge in [-0.3, -0.25) is 0 Å². The predicted octanol–water partition coefficient (Wildman–Crippen LogP) is 1.60. The number of alkyl halides is 3. The van der Waals surface area contributed by atoms with E-state index in [0.29, 0.717) is 3.97 Å². The van der Waals surface area contributed by atoms with E-state index in [0.717, 1.165) is 7.05 Å². The maximum absolute atomic E-state index is 12.0. The summed E-state index contributed by atoms with van der Waals surface area (Å²) in [7, 11) is -6.65. The van der Waals surface area contributed by atoms with Crippen LogP contribution >= 0.6 is 0 Å². The van der Waals surface area contributed by atoms with Gasteiger partial charge in [0.15, 0.2) is 0 Å². The van der Waals surface area contributed by atoms with E-state index < -0.39 is 23.8 Å². The van der Waals surface area contributed by atoms with E-state index in [4.69, 9.17) is 0 Å². The van der Waals surface area contributed by atoms with E-state index >= 15 is 0 Å². The highest BCUT2D eigenvalue weighted by atomic mass is 32.2. The molecule has 0 aromatic rings. The fourth-order valence-electron chi connectivity index (χ4n) is 0.516. The molecule has 0 aromatic heterocycles. The van der Waals surface area contributed by atoms with Crippen molar-refractivity contribution >= 4 is 18.3 Å². The Morgan fingerprint density at radius 2 is 1.46 bits per heavy atom. The first-order valence-corrected chi connectivity index (χ1v) is 8.35. The maximum Gasteiger partial charge on any atom is 0.511 e. The topological polar surface area (TPSA) is 37.4 Å². The van der Waals surface area contributed by atoms with Gasteiger partial charge in [0.2, 0.25) is 0 Å². The molecule has 0 heterocycles. The molecule has 0 atom stereocenters. The standard InChI is InChI=1S/C5H12F3NO2SSi/c1-9(13(2,3)4)12(10,11)5(6,7)8/h1-4H3. The molecule has 0 aliphatic heterocycles. The normalized spacial score (nSPS) is 15.1. The van der Waals surface area contributed by atoms with Crippen LogP contribution in [0.4, 0.5) is 13.2 Å². The molecule has 0 saturated carbocycles. The summed E-state index contributed by atoms with van der Waals surface area (Å²) >= 11 is 0. The predicted molar refractivity (Wildman–Crippen MR) is 46.1 cm³/mol. The van der Waals surface area contributed by atoms with E-state index in [-0.39, 0.29) is 0 Å². The fraction of sp³-hybridized carbons (Fsp3) is 1.00. The van der Waals surface area contributed by atoms with Crippen LogP contribution in [0, 0.1) is 0 Å². The van der Waals surface area contributed by atoms with Gasteiger partial charge < -0.3 is 0 Å². The Hall–Kier alpha value is -0.0831. The molecule has 0 N–H and O–H groups in total. The van der Waals surface area contributed by atoms with Gasteiger partial charge in [-0.05, 0) is 7.05 Å². The number of nitrogens with zero attached hydrogens (tertiary/aromatic N) is 1. The Labute approximate surface area is 76.7 Å². The summed E-state index contributed by atoms with van der Waals surface area (Å²) in [6, 6.07) is 0. The third-order valence-corrected chi connectivity index (χ3v) is 7.16. The van der Waals surface area contributed by atoms with E-state index in [1.807, 2.05) is 0 Å². The summed E-state index contributed by atoms with van der Waals surface area (Å²) in [4.78, 5) is 0. The number of hydrogen-bond acceptors (Lipinski definition) is 2. The van der Waals surface area contributed by atoms with Crippen molar-refractivity contribution in [1.29, 1.82) is 0 Å². The van der Waals surface area contributed by atoms with Crippen LogP contribution in [0.3, 0.4) is 0 Å². The monoisotopic (exact) mass is 235 g/mol. The lowest BCUT2D eigenvalue weighted by Gasteiger charge is -2.29.